The van der Waals surface area contributed by atoms with Crippen LogP contribution < -0.4 is 0 Å². The molecule has 0 spiro atoms. The second-order valence-electron chi connectivity index (χ2n) is 13.2. The predicted octanol–water partition coefficient (Wildman–Crippen LogP) is 11.1. The van der Waals surface area contributed by atoms with E-state index in [1.807, 2.05) is 30.6 Å². The van der Waals surface area contributed by atoms with Crippen LogP contribution in [0.15, 0.2) is 144 Å². The number of pyridine rings is 2. The molecule has 222 valence electrons. The molecule has 0 fully saturated rings. The topological polar surface area (TPSA) is 43.3 Å². The largest absolute Gasteiger partial charge is 0.437 e. The Hall–Kier alpha value is -6.00. The fourth-order valence-electron chi connectivity index (χ4n) is 7.57. The summed E-state index contributed by atoms with van der Waals surface area (Å²) in [4.78, 5) is 9.05. The van der Waals surface area contributed by atoms with Crippen LogP contribution in [0, 0.1) is 0 Å². The monoisotopic (exact) mass is 603 g/mol. The van der Waals surface area contributed by atoms with Gasteiger partial charge in [-0.05, 0) is 127 Å². The lowest BCUT2D eigenvalue weighted by Gasteiger charge is -2.22. The highest BCUT2D eigenvalue weighted by Gasteiger charge is 2.35. The quantitative estimate of drug-likeness (QED) is 0.202. The molecule has 4 heteroatoms. The number of imidazole rings is 1. The van der Waals surface area contributed by atoms with Crippen LogP contribution in [0.2, 0.25) is 0 Å². The number of para-hydroxylation sites is 1. The Morgan fingerprint density at radius 3 is 1.89 bits per heavy atom. The van der Waals surface area contributed by atoms with Gasteiger partial charge in [0.25, 0.3) is 0 Å². The van der Waals surface area contributed by atoms with Gasteiger partial charge < -0.3 is 4.42 Å². The van der Waals surface area contributed by atoms with Crippen molar-refractivity contribution in [2.45, 2.75) is 19.3 Å². The third kappa shape index (κ3) is 3.88. The highest BCUT2D eigenvalue weighted by Crippen LogP contribution is 2.50. The van der Waals surface area contributed by atoms with Crippen LogP contribution in [0.3, 0.4) is 0 Å². The molecule has 0 bridgehead atoms. The SMILES string of the molecule is CC1(C)c2cc(-c3ccncc3)ccc2-c2ccc(-c3ccc4cc(-c5ccc6nc7c8ccccc8oc7n6c5)ccc4c3)cc21. The first-order chi connectivity index (χ1) is 23.0. The number of hydrogen-bond acceptors (Lipinski definition) is 3. The Bertz CT molecular complexity index is 2710. The minimum Gasteiger partial charge on any atom is -0.437 e. The average molecular weight is 604 g/mol. The van der Waals surface area contributed by atoms with Gasteiger partial charge >= 0.3 is 0 Å². The maximum atomic E-state index is 6.20. The normalized spacial score (nSPS) is 13.5. The molecule has 1 aliphatic carbocycles. The summed E-state index contributed by atoms with van der Waals surface area (Å²) in [6, 6.07) is 43.8. The van der Waals surface area contributed by atoms with E-state index in [4.69, 9.17) is 9.40 Å². The Balaban J connectivity index is 0.999. The summed E-state index contributed by atoms with van der Waals surface area (Å²) in [6.07, 6.45) is 5.85. The molecule has 9 aromatic rings. The van der Waals surface area contributed by atoms with Crippen LogP contribution in [-0.4, -0.2) is 14.4 Å². The lowest BCUT2D eigenvalue weighted by Crippen LogP contribution is -2.15. The molecule has 4 aromatic heterocycles. The van der Waals surface area contributed by atoms with Crippen molar-refractivity contribution in [1.29, 1.82) is 0 Å². The molecular weight excluding hydrogens is 574 g/mol. The van der Waals surface area contributed by atoms with Crippen molar-refractivity contribution in [3.8, 4) is 44.5 Å². The summed E-state index contributed by atoms with van der Waals surface area (Å²) >= 11 is 0. The molecule has 0 aliphatic heterocycles. The van der Waals surface area contributed by atoms with Crippen LogP contribution in [0.5, 0.6) is 0 Å². The van der Waals surface area contributed by atoms with Gasteiger partial charge in [0, 0.05) is 29.4 Å². The van der Waals surface area contributed by atoms with E-state index in [2.05, 4.69) is 133 Å². The first-order valence-corrected chi connectivity index (χ1v) is 16.1. The summed E-state index contributed by atoms with van der Waals surface area (Å²) in [6.45, 7) is 4.69. The minimum atomic E-state index is -0.0975. The molecule has 0 saturated carbocycles. The highest BCUT2D eigenvalue weighted by atomic mass is 16.3. The summed E-state index contributed by atoms with van der Waals surface area (Å²) in [5, 5.41) is 3.48. The van der Waals surface area contributed by atoms with E-state index >= 15 is 0 Å². The number of fused-ring (bicyclic) bond motifs is 9. The molecule has 0 N–H and O–H groups in total. The van der Waals surface area contributed by atoms with E-state index in [0.29, 0.717) is 0 Å². The van der Waals surface area contributed by atoms with E-state index in [9.17, 15) is 0 Å². The second kappa shape index (κ2) is 9.51. The third-order valence-corrected chi connectivity index (χ3v) is 10.1. The fourth-order valence-corrected chi connectivity index (χ4v) is 7.57. The smallest absolute Gasteiger partial charge is 0.232 e. The van der Waals surface area contributed by atoms with Crippen molar-refractivity contribution >= 4 is 38.6 Å². The fraction of sp³-hybridized carbons (Fsp3) is 0.0698. The highest BCUT2D eigenvalue weighted by molar-refractivity contribution is 6.03. The van der Waals surface area contributed by atoms with Gasteiger partial charge in [-0.1, -0.05) is 74.5 Å². The van der Waals surface area contributed by atoms with Crippen LogP contribution in [-0.2, 0) is 5.41 Å². The van der Waals surface area contributed by atoms with Crippen molar-refractivity contribution in [3.05, 3.63) is 151 Å². The standard InChI is InChI=1S/C43H29N3O/c1-43(2)37-23-31(26-17-19-44-20-18-26)11-14-34(37)35-15-12-32(24-38(35)43)29-8-7-28-22-30(10-9-27(28)21-29)33-13-16-40-45-41-36-5-3-4-6-39(36)47-42(41)46(40)25-33/h3-25H,1-2H3. The van der Waals surface area contributed by atoms with Crippen LogP contribution in [0.1, 0.15) is 25.0 Å². The lowest BCUT2D eigenvalue weighted by atomic mass is 9.81. The van der Waals surface area contributed by atoms with Crippen molar-refractivity contribution in [3.63, 3.8) is 0 Å². The molecule has 4 heterocycles. The lowest BCUT2D eigenvalue weighted by molar-refractivity contribution is 0.649. The minimum absolute atomic E-state index is 0.0975. The van der Waals surface area contributed by atoms with Gasteiger partial charge in [-0.3, -0.25) is 9.38 Å². The summed E-state index contributed by atoms with van der Waals surface area (Å²) < 4.78 is 8.26. The third-order valence-electron chi connectivity index (χ3n) is 10.1. The van der Waals surface area contributed by atoms with Crippen molar-refractivity contribution in [1.82, 2.24) is 14.4 Å². The van der Waals surface area contributed by atoms with Gasteiger partial charge in [-0.25, -0.2) is 4.98 Å². The van der Waals surface area contributed by atoms with Crippen LogP contribution in [0.4, 0.5) is 0 Å². The van der Waals surface area contributed by atoms with E-state index in [0.717, 1.165) is 39.0 Å². The van der Waals surface area contributed by atoms with Crippen molar-refractivity contribution in [2.24, 2.45) is 0 Å². The average Bonchev–Trinajstić information content (AvgIpc) is 3.74. The zero-order valence-electron chi connectivity index (χ0n) is 26.0. The molecule has 0 amide bonds. The molecule has 47 heavy (non-hydrogen) atoms. The Labute approximate surface area is 271 Å². The van der Waals surface area contributed by atoms with Crippen molar-refractivity contribution in [2.75, 3.05) is 0 Å². The molecule has 0 saturated heterocycles. The van der Waals surface area contributed by atoms with Gasteiger partial charge in [0.2, 0.25) is 5.71 Å². The molecule has 1 aliphatic rings. The van der Waals surface area contributed by atoms with Gasteiger partial charge in [-0.15, -0.1) is 0 Å². The number of aromatic nitrogens is 3. The molecule has 4 nitrogen and oxygen atoms in total. The van der Waals surface area contributed by atoms with Crippen molar-refractivity contribution < 1.29 is 4.42 Å². The van der Waals surface area contributed by atoms with Gasteiger partial charge in [0.15, 0.2) is 0 Å². The molecule has 10 rings (SSSR count). The zero-order valence-corrected chi connectivity index (χ0v) is 26.0. The van der Waals surface area contributed by atoms with E-state index in [1.54, 1.807) is 0 Å². The van der Waals surface area contributed by atoms with Gasteiger partial charge in [-0.2, -0.15) is 0 Å². The summed E-state index contributed by atoms with van der Waals surface area (Å²) in [7, 11) is 0. The van der Waals surface area contributed by atoms with Crippen LogP contribution >= 0.6 is 0 Å². The molecule has 0 atom stereocenters. The number of benzene rings is 5. The van der Waals surface area contributed by atoms with Crippen LogP contribution in [0.25, 0.3) is 83.1 Å². The Morgan fingerprint density at radius 2 is 1.17 bits per heavy atom. The predicted molar refractivity (Wildman–Crippen MR) is 192 cm³/mol. The number of rotatable bonds is 3. The van der Waals surface area contributed by atoms with Gasteiger partial charge in [0.1, 0.15) is 16.7 Å². The maximum absolute atomic E-state index is 6.20. The van der Waals surface area contributed by atoms with E-state index < -0.39 is 0 Å². The Morgan fingerprint density at radius 1 is 0.574 bits per heavy atom. The number of furan rings is 1. The molecule has 0 radical (unpaired) electrons. The maximum Gasteiger partial charge on any atom is 0.232 e. The molecule has 0 unspecified atom stereocenters. The zero-order chi connectivity index (χ0) is 31.3. The van der Waals surface area contributed by atoms with E-state index in [-0.39, 0.29) is 5.41 Å². The Kier molecular flexibility index (Phi) is 5.31. The number of hydrogen-bond donors (Lipinski definition) is 0. The first-order valence-electron chi connectivity index (χ1n) is 16.1. The molecule has 5 aromatic carbocycles. The van der Waals surface area contributed by atoms with E-state index in [1.165, 1.54) is 55.3 Å². The molecular formula is C43H29N3O. The number of nitrogens with zero attached hydrogens (tertiary/aromatic N) is 3. The summed E-state index contributed by atoms with van der Waals surface area (Å²) in [5.74, 6) is 0. The second-order valence-corrected chi connectivity index (χ2v) is 13.2. The first kappa shape index (κ1) is 26.2. The van der Waals surface area contributed by atoms with Gasteiger partial charge in [0.05, 0.1) is 0 Å². The summed E-state index contributed by atoms with van der Waals surface area (Å²) in [5.41, 5.74) is 15.9.